The summed E-state index contributed by atoms with van der Waals surface area (Å²) < 4.78 is 4.48. The molecular weight excluding hydrogens is 381 g/mol. The molecule has 0 saturated heterocycles. The second-order valence-electron chi connectivity index (χ2n) is 5.24. The number of methoxy groups -OCH3 is 1. The highest BCUT2D eigenvalue weighted by Crippen LogP contribution is 2.33. The number of halogens is 2. The van der Waals surface area contributed by atoms with Crippen LogP contribution in [-0.4, -0.2) is 47.7 Å². The minimum absolute atomic E-state index is 0.0642. The van der Waals surface area contributed by atoms with Crippen molar-refractivity contribution in [1.29, 1.82) is 0 Å². The van der Waals surface area contributed by atoms with Crippen LogP contribution >= 0.6 is 23.2 Å². The van der Waals surface area contributed by atoms with Crippen molar-refractivity contribution in [2.24, 2.45) is 0 Å². The van der Waals surface area contributed by atoms with Gasteiger partial charge in [0.2, 0.25) is 0 Å². The fraction of sp³-hybridized carbons (Fsp3) is 0.278. The molecular formula is C18H21Cl2NO5. The molecule has 0 spiro atoms. The second kappa shape index (κ2) is 11.7. The third kappa shape index (κ3) is 7.59. The highest BCUT2D eigenvalue weighted by molar-refractivity contribution is 6.39. The maximum absolute atomic E-state index is 10.8. The van der Waals surface area contributed by atoms with Crippen LogP contribution < -0.4 is 5.32 Å². The third-order valence-electron chi connectivity index (χ3n) is 3.15. The Hall–Kier alpha value is -1.83. The van der Waals surface area contributed by atoms with E-state index in [1.54, 1.807) is 36.4 Å². The number of para-hydroxylation sites is 2. The first-order valence-electron chi connectivity index (χ1n) is 7.67. The van der Waals surface area contributed by atoms with Gasteiger partial charge in [-0.3, -0.25) is 4.79 Å². The van der Waals surface area contributed by atoms with Crippen LogP contribution in [0.4, 0.5) is 11.4 Å². The largest absolute Gasteiger partial charge is 0.481 e. The van der Waals surface area contributed by atoms with Gasteiger partial charge in [-0.2, -0.15) is 0 Å². The van der Waals surface area contributed by atoms with E-state index in [0.29, 0.717) is 27.0 Å². The molecule has 0 aliphatic carbocycles. The maximum atomic E-state index is 10.8. The quantitative estimate of drug-likeness (QED) is 0.567. The van der Waals surface area contributed by atoms with Gasteiger partial charge in [0.15, 0.2) is 0 Å². The summed E-state index contributed by atoms with van der Waals surface area (Å²) in [5.41, 5.74) is 1.93. The summed E-state index contributed by atoms with van der Waals surface area (Å²) in [6.07, 6.45) is -0.782. The number of aliphatic hydroxyl groups excluding tert-OH is 2. The van der Waals surface area contributed by atoms with Crippen molar-refractivity contribution < 1.29 is 24.9 Å². The summed E-state index contributed by atoms with van der Waals surface area (Å²) in [4.78, 5) is 10.8. The van der Waals surface area contributed by atoms with Crippen molar-refractivity contribution in [3.05, 3.63) is 58.1 Å². The lowest BCUT2D eigenvalue weighted by molar-refractivity contribution is -0.136. The van der Waals surface area contributed by atoms with Crippen LogP contribution in [0.3, 0.4) is 0 Å². The van der Waals surface area contributed by atoms with Gasteiger partial charge in [-0.15, -0.1) is 0 Å². The van der Waals surface area contributed by atoms with E-state index in [9.17, 15) is 4.79 Å². The SMILES string of the molecule is COCC(O)CO.O=C(O)Cc1ccccc1Nc1c(Cl)cccc1Cl. The van der Waals surface area contributed by atoms with E-state index >= 15 is 0 Å². The first-order chi connectivity index (χ1) is 12.4. The molecule has 0 fully saturated rings. The van der Waals surface area contributed by atoms with Crippen molar-refractivity contribution in [2.75, 3.05) is 25.6 Å². The number of rotatable bonds is 7. The summed E-state index contributed by atoms with van der Waals surface area (Å²) >= 11 is 12.1. The minimum Gasteiger partial charge on any atom is -0.481 e. The third-order valence-corrected chi connectivity index (χ3v) is 3.78. The number of benzene rings is 2. The summed E-state index contributed by atoms with van der Waals surface area (Å²) in [7, 11) is 1.47. The molecule has 0 bridgehead atoms. The Kier molecular flexibility index (Phi) is 10.0. The molecule has 8 heteroatoms. The first-order valence-corrected chi connectivity index (χ1v) is 8.43. The van der Waals surface area contributed by atoms with Crippen molar-refractivity contribution in [3.8, 4) is 0 Å². The number of anilines is 2. The van der Waals surface area contributed by atoms with Crippen LogP contribution in [0.15, 0.2) is 42.5 Å². The first kappa shape index (κ1) is 22.2. The Balaban J connectivity index is 0.000000412. The molecule has 2 aromatic rings. The zero-order valence-electron chi connectivity index (χ0n) is 14.2. The lowest BCUT2D eigenvalue weighted by Crippen LogP contribution is -2.17. The van der Waals surface area contributed by atoms with Crippen LogP contribution in [0.5, 0.6) is 0 Å². The van der Waals surface area contributed by atoms with Crippen molar-refractivity contribution in [1.82, 2.24) is 0 Å². The van der Waals surface area contributed by atoms with E-state index in [0.717, 1.165) is 0 Å². The Labute approximate surface area is 161 Å². The molecule has 0 radical (unpaired) electrons. The molecule has 0 saturated carbocycles. The highest BCUT2D eigenvalue weighted by atomic mass is 35.5. The van der Waals surface area contributed by atoms with Gasteiger partial charge in [0.05, 0.1) is 35.4 Å². The van der Waals surface area contributed by atoms with E-state index < -0.39 is 12.1 Å². The Morgan fingerprint density at radius 2 is 1.77 bits per heavy atom. The Morgan fingerprint density at radius 3 is 2.27 bits per heavy atom. The number of ether oxygens (including phenoxy) is 1. The Bertz CT molecular complexity index is 691. The molecule has 2 rings (SSSR count). The summed E-state index contributed by atoms with van der Waals surface area (Å²) in [6.45, 7) is -0.0235. The summed E-state index contributed by atoms with van der Waals surface area (Å²) in [5.74, 6) is -0.889. The van der Waals surface area contributed by atoms with Crippen LogP contribution in [0.1, 0.15) is 5.56 Å². The van der Waals surface area contributed by atoms with E-state index in [4.69, 9.17) is 38.5 Å². The van der Waals surface area contributed by atoms with E-state index in [-0.39, 0.29) is 19.6 Å². The number of aliphatic carboxylic acids is 1. The number of carbonyl (C=O) groups is 1. The zero-order valence-corrected chi connectivity index (χ0v) is 15.7. The molecule has 0 amide bonds. The molecule has 0 aliphatic heterocycles. The van der Waals surface area contributed by atoms with Gasteiger partial charge in [-0.1, -0.05) is 47.5 Å². The molecule has 0 heterocycles. The molecule has 26 heavy (non-hydrogen) atoms. The van der Waals surface area contributed by atoms with Gasteiger partial charge >= 0.3 is 5.97 Å². The molecule has 0 aromatic heterocycles. The fourth-order valence-corrected chi connectivity index (χ4v) is 2.45. The van der Waals surface area contributed by atoms with Gasteiger partial charge < -0.3 is 25.4 Å². The number of carboxylic acid groups (broad SMARTS) is 1. The number of carboxylic acids is 1. The lowest BCUT2D eigenvalue weighted by Gasteiger charge is -2.13. The topological polar surface area (TPSA) is 99.0 Å². The van der Waals surface area contributed by atoms with Crippen LogP contribution in [0.25, 0.3) is 0 Å². The fourth-order valence-electron chi connectivity index (χ4n) is 1.96. The van der Waals surface area contributed by atoms with Crippen LogP contribution in [0, 0.1) is 0 Å². The lowest BCUT2D eigenvalue weighted by atomic mass is 10.1. The highest BCUT2D eigenvalue weighted by Gasteiger charge is 2.10. The van der Waals surface area contributed by atoms with Gasteiger partial charge in [-0.25, -0.2) is 0 Å². The van der Waals surface area contributed by atoms with Crippen LogP contribution in [-0.2, 0) is 16.0 Å². The maximum Gasteiger partial charge on any atom is 0.307 e. The van der Waals surface area contributed by atoms with Gasteiger partial charge in [0.1, 0.15) is 6.10 Å². The molecule has 142 valence electrons. The molecule has 6 nitrogen and oxygen atoms in total. The van der Waals surface area contributed by atoms with Crippen molar-refractivity contribution in [3.63, 3.8) is 0 Å². The molecule has 4 N–H and O–H groups in total. The smallest absolute Gasteiger partial charge is 0.307 e. The van der Waals surface area contributed by atoms with Gasteiger partial charge in [0.25, 0.3) is 0 Å². The zero-order chi connectivity index (χ0) is 19.5. The summed E-state index contributed by atoms with van der Waals surface area (Å²) in [5, 5.41) is 29.6. The molecule has 0 aliphatic rings. The van der Waals surface area contributed by atoms with Gasteiger partial charge in [0, 0.05) is 12.8 Å². The predicted molar refractivity (Wildman–Crippen MR) is 102 cm³/mol. The standard InChI is InChI=1S/C14H11Cl2NO2.C4H10O3/c15-10-5-3-6-11(16)14(10)17-12-7-2-1-4-9(12)8-13(18)19;1-7-3-4(6)2-5/h1-7,17H,8H2,(H,18,19);4-6H,2-3H2,1H3. The normalized spacial score (nSPS) is 11.3. The van der Waals surface area contributed by atoms with E-state index in [1.807, 2.05) is 6.07 Å². The molecule has 1 unspecified atom stereocenters. The van der Waals surface area contributed by atoms with E-state index in [2.05, 4.69) is 10.1 Å². The summed E-state index contributed by atoms with van der Waals surface area (Å²) in [6, 6.07) is 12.3. The Morgan fingerprint density at radius 1 is 1.15 bits per heavy atom. The van der Waals surface area contributed by atoms with Crippen molar-refractivity contribution in [2.45, 2.75) is 12.5 Å². The van der Waals surface area contributed by atoms with Crippen molar-refractivity contribution >= 4 is 40.5 Å². The number of hydrogen-bond acceptors (Lipinski definition) is 5. The van der Waals surface area contributed by atoms with Gasteiger partial charge in [-0.05, 0) is 23.8 Å². The van der Waals surface area contributed by atoms with E-state index in [1.165, 1.54) is 7.11 Å². The average molecular weight is 402 g/mol. The second-order valence-corrected chi connectivity index (χ2v) is 6.06. The molecule has 1 atom stereocenters. The molecule has 2 aromatic carbocycles. The van der Waals surface area contributed by atoms with Crippen LogP contribution in [0.2, 0.25) is 10.0 Å². The number of nitrogens with one attached hydrogen (secondary N) is 1. The monoisotopic (exact) mass is 401 g/mol. The predicted octanol–water partition coefficient (Wildman–Crippen LogP) is 3.35. The average Bonchev–Trinajstić information content (AvgIpc) is 2.60. The minimum atomic E-state index is -0.889. The number of aliphatic hydroxyl groups is 2. The number of hydrogen-bond donors (Lipinski definition) is 4.